The van der Waals surface area contributed by atoms with Crippen molar-refractivity contribution in [1.82, 2.24) is 4.90 Å². The van der Waals surface area contributed by atoms with E-state index in [0.29, 0.717) is 6.61 Å². The number of benzene rings is 1. The van der Waals surface area contributed by atoms with Gasteiger partial charge in [0, 0.05) is 0 Å². The highest BCUT2D eigenvalue weighted by Gasteiger charge is 2.35. The van der Waals surface area contributed by atoms with Crippen LogP contribution in [0.3, 0.4) is 0 Å². The van der Waals surface area contributed by atoms with Crippen molar-refractivity contribution >= 4 is 34.9 Å². The summed E-state index contributed by atoms with van der Waals surface area (Å²) in [4.78, 5) is 35.8. The Bertz CT molecular complexity index is 640. The average Bonchev–Trinajstić information content (AvgIpc) is 2.76. The molecule has 1 aromatic carbocycles. The number of imide groups is 1. The first-order chi connectivity index (χ1) is 11.0. The van der Waals surface area contributed by atoms with Crippen LogP contribution in [0.2, 0.25) is 0 Å². The Morgan fingerprint density at radius 3 is 2.61 bits per heavy atom. The minimum atomic E-state index is -0.720. The number of amides is 3. The molecule has 1 fully saturated rings. The normalized spacial score (nSPS) is 16.2. The summed E-state index contributed by atoms with van der Waals surface area (Å²) in [6.45, 7) is 2.37. The van der Waals surface area contributed by atoms with E-state index >= 15 is 0 Å². The number of hydrogen-bond donors (Lipinski definition) is 1. The number of hydrogen-bond acceptors (Lipinski definition) is 5. The summed E-state index contributed by atoms with van der Waals surface area (Å²) in [6, 6.07) is 7.25. The monoisotopic (exact) mass is 334 g/mol. The first-order valence-electron chi connectivity index (χ1n) is 7.27. The molecule has 1 aliphatic heterocycles. The highest BCUT2D eigenvalue weighted by Crippen LogP contribution is 2.32. The van der Waals surface area contributed by atoms with Gasteiger partial charge in [0.25, 0.3) is 11.1 Å². The molecule has 0 aliphatic carbocycles. The van der Waals surface area contributed by atoms with Gasteiger partial charge >= 0.3 is 0 Å². The zero-order valence-electron chi connectivity index (χ0n) is 12.8. The van der Waals surface area contributed by atoms with E-state index in [1.807, 2.05) is 24.3 Å². The lowest BCUT2D eigenvalue weighted by Crippen LogP contribution is -2.36. The van der Waals surface area contributed by atoms with Crippen LogP contribution < -0.4 is 10.5 Å². The quantitative estimate of drug-likeness (QED) is 0.611. The molecule has 0 radical (unpaired) electrons. The molecule has 1 aromatic rings. The Morgan fingerprint density at radius 1 is 1.30 bits per heavy atom. The summed E-state index contributed by atoms with van der Waals surface area (Å²) in [6.07, 6.45) is 3.68. The Labute approximate surface area is 138 Å². The lowest BCUT2D eigenvalue weighted by Gasteiger charge is -2.08. The van der Waals surface area contributed by atoms with Gasteiger partial charge < -0.3 is 10.5 Å². The van der Waals surface area contributed by atoms with E-state index in [2.05, 4.69) is 6.92 Å². The van der Waals surface area contributed by atoms with Crippen LogP contribution in [0.5, 0.6) is 5.75 Å². The summed E-state index contributed by atoms with van der Waals surface area (Å²) in [5.41, 5.74) is 5.81. The van der Waals surface area contributed by atoms with Gasteiger partial charge in [-0.2, -0.15) is 0 Å². The van der Waals surface area contributed by atoms with Gasteiger partial charge in [-0.15, -0.1) is 0 Å². The zero-order chi connectivity index (χ0) is 16.8. The lowest BCUT2D eigenvalue weighted by atomic mass is 10.2. The SMILES string of the molecule is CCCCOc1ccc(/C=C2\SC(=O)N(CC(N)=O)C2=O)cc1. The third-order valence-electron chi connectivity index (χ3n) is 3.13. The van der Waals surface area contributed by atoms with E-state index in [1.165, 1.54) is 0 Å². The van der Waals surface area contributed by atoms with E-state index in [4.69, 9.17) is 10.5 Å². The minimum absolute atomic E-state index is 0.274. The van der Waals surface area contributed by atoms with E-state index in [0.717, 1.165) is 40.8 Å². The van der Waals surface area contributed by atoms with Crippen LogP contribution in [0.4, 0.5) is 4.79 Å². The Hall–Kier alpha value is -2.28. The molecule has 6 nitrogen and oxygen atoms in total. The predicted molar refractivity (Wildman–Crippen MR) is 88.7 cm³/mol. The zero-order valence-corrected chi connectivity index (χ0v) is 13.6. The summed E-state index contributed by atoms with van der Waals surface area (Å²) in [5, 5.41) is -0.487. The number of nitrogens with zero attached hydrogens (tertiary/aromatic N) is 1. The molecule has 23 heavy (non-hydrogen) atoms. The molecule has 2 N–H and O–H groups in total. The molecule has 7 heteroatoms. The van der Waals surface area contributed by atoms with Crippen molar-refractivity contribution in [3.8, 4) is 5.75 Å². The number of ether oxygens (including phenoxy) is 1. The number of unbranched alkanes of at least 4 members (excludes halogenated alkanes) is 1. The highest BCUT2D eigenvalue weighted by atomic mass is 32.2. The van der Waals surface area contributed by atoms with E-state index in [-0.39, 0.29) is 4.91 Å². The first kappa shape index (κ1) is 17.1. The molecule has 1 heterocycles. The molecule has 0 aromatic heterocycles. The van der Waals surface area contributed by atoms with Crippen LogP contribution in [0.15, 0.2) is 29.2 Å². The van der Waals surface area contributed by atoms with Crippen molar-refractivity contribution < 1.29 is 19.1 Å². The van der Waals surface area contributed by atoms with Crippen molar-refractivity contribution in [3.63, 3.8) is 0 Å². The molecule has 0 saturated carbocycles. The topological polar surface area (TPSA) is 89.7 Å². The smallest absolute Gasteiger partial charge is 0.294 e. The van der Waals surface area contributed by atoms with Gasteiger partial charge in [0.2, 0.25) is 5.91 Å². The molecule has 0 unspecified atom stereocenters. The van der Waals surface area contributed by atoms with Crippen LogP contribution >= 0.6 is 11.8 Å². The van der Waals surface area contributed by atoms with Gasteiger partial charge in [-0.05, 0) is 42.0 Å². The number of rotatable bonds is 7. The molecule has 0 bridgehead atoms. The minimum Gasteiger partial charge on any atom is -0.494 e. The fourth-order valence-electron chi connectivity index (χ4n) is 1.94. The fraction of sp³-hybridized carbons (Fsp3) is 0.312. The molecule has 0 spiro atoms. The molecule has 1 aliphatic rings. The fourth-order valence-corrected chi connectivity index (χ4v) is 2.78. The van der Waals surface area contributed by atoms with Crippen LogP contribution in [0, 0.1) is 0 Å². The second-order valence-corrected chi connectivity index (χ2v) is 6.00. The summed E-state index contributed by atoms with van der Waals surface area (Å²) < 4.78 is 5.56. The third kappa shape index (κ3) is 4.59. The maximum atomic E-state index is 12.1. The third-order valence-corrected chi connectivity index (χ3v) is 4.04. The standard InChI is InChI=1S/C16H18N2O4S/c1-2-3-8-22-12-6-4-11(5-7-12)9-13-15(20)18(10-14(17)19)16(21)23-13/h4-7,9H,2-3,8,10H2,1H3,(H2,17,19)/b13-9-. The Kier molecular flexibility index (Phi) is 5.81. The van der Waals surface area contributed by atoms with Crippen LogP contribution in [0.1, 0.15) is 25.3 Å². The summed E-state index contributed by atoms with van der Waals surface area (Å²) in [7, 11) is 0. The Morgan fingerprint density at radius 2 is 2.00 bits per heavy atom. The van der Waals surface area contributed by atoms with Crippen molar-refractivity contribution in [2.45, 2.75) is 19.8 Å². The van der Waals surface area contributed by atoms with Crippen LogP contribution in [0.25, 0.3) is 6.08 Å². The van der Waals surface area contributed by atoms with Crippen molar-refractivity contribution in [2.24, 2.45) is 5.73 Å². The van der Waals surface area contributed by atoms with Gasteiger partial charge in [0.1, 0.15) is 12.3 Å². The van der Waals surface area contributed by atoms with Crippen molar-refractivity contribution in [3.05, 3.63) is 34.7 Å². The lowest BCUT2D eigenvalue weighted by molar-refractivity contribution is -0.127. The number of thioether (sulfide) groups is 1. The molecular weight excluding hydrogens is 316 g/mol. The second kappa shape index (κ2) is 7.82. The summed E-state index contributed by atoms with van der Waals surface area (Å²) >= 11 is 0.799. The number of primary amides is 1. The van der Waals surface area contributed by atoms with Gasteiger partial charge in [0.15, 0.2) is 0 Å². The molecule has 0 atom stereocenters. The van der Waals surface area contributed by atoms with E-state index in [1.54, 1.807) is 6.08 Å². The maximum Gasteiger partial charge on any atom is 0.294 e. The van der Waals surface area contributed by atoms with Gasteiger partial charge in [0.05, 0.1) is 11.5 Å². The molecular formula is C16H18N2O4S. The van der Waals surface area contributed by atoms with Gasteiger partial charge in [-0.3, -0.25) is 19.3 Å². The van der Waals surface area contributed by atoms with Gasteiger partial charge in [-0.25, -0.2) is 0 Å². The number of nitrogens with two attached hydrogens (primary N) is 1. The molecule has 3 amide bonds. The van der Waals surface area contributed by atoms with Gasteiger partial charge in [-0.1, -0.05) is 25.5 Å². The Balaban J connectivity index is 2.05. The number of carbonyl (C=O) groups excluding carboxylic acids is 3. The van der Waals surface area contributed by atoms with E-state index in [9.17, 15) is 14.4 Å². The molecule has 2 rings (SSSR count). The number of carbonyl (C=O) groups is 3. The predicted octanol–water partition coefficient (Wildman–Crippen LogP) is 2.39. The van der Waals surface area contributed by atoms with Crippen LogP contribution in [-0.4, -0.2) is 35.1 Å². The molecule has 1 saturated heterocycles. The highest BCUT2D eigenvalue weighted by molar-refractivity contribution is 8.18. The summed E-state index contributed by atoms with van der Waals surface area (Å²) in [5.74, 6) is -0.457. The largest absolute Gasteiger partial charge is 0.494 e. The second-order valence-electron chi connectivity index (χ2n) is 5.01. The first-order valence-corrected chi connectivity index (χ1v) is 8.09. The van der Waals surface area contributed by atoms with Crippen molar-refractivity contribution in [2.75, 3.05) is 13.2 Å². The van der Waals surface area contributed by atoms with Crippen LogP contribution in [-0.2, 0) is 9.59 Å². The maximum absolute atomic E-state index is 12.1. The van der Waals surface area contributed by atoms with E-state index < -0.39 is 23.6 Å². The van der Waals surface area contributed by atoms with Crippen molar-refractivity contribution in [1.29, 1.82) is 0 Å². The average molecular weight is 334 g/mol. The molecule has 122 valence electrons.